The van der Waals surface area contributed by atoms with Gasteiger partial charge in [0.25, 0.3) is 6.48 Å². The van der Waals surface area contributed by atoms with E-state index >= 15 is 0 Å². The molecule has 1 rings (SSSR count). The van der Waals surface area contributed by atoms with Gasteiger partial charge in [-0.1, -0.05) is 15.9 Å². The Hall–Kier alpha value is 0.360. The molecule has 11 heavy (non-hydrogen) atoms. The van der Waals surface area contributed by atoms with E-state index < -0.39 is 6.48 Å². The summed E-state index contributed by atoms with van der Waals surface area (Å²) in [5.41, 5.74) is 0. The number of alkyl halides is 1. The topological polar surface area (TPSA) is 27.7 Å². The van der Waals surface area contributed by atoms with Crippen LogP contribution in [0.1, 0.15) is 13.8 Å². The predicted molar refractivity (Wildman–Crippen MR) is 44.6 cm³/mol. The predicted octanol–water partition coefficient (Wildman–Crippen LogP) is 1.51. The largest absolute Gasteiger partial charge is 0.327 e. The maximum absolute atomic E-state index is 5.33. The van der Waals surface area contributed by atoms with Gasteiger partial charge in [-0.05, 0) is 13.8 Å². The lowest BCUT2D eigenvalue weighted by molar-refractivity contribution is -0.251. The van der Waals surface area contributed by atoms with Crippen molar-refractivity contribution in [2.45, 2.75) is 32.5 Å². The van der Waals surface area contributed by atoms with E-state index in [-0.39, 0.29) is 12.2 Å². The Kier molecular flexibility index (Phi) is 3.78. The molecule has 66 valence electrons. The van der Waals surface area contributed by atoms with Crippen LogP contribution in [-0.4, -0.2) is 30.6 Å². The highest BCUT2D eigenvalue weighted by Gasteiger charge is 2.26. The zero-order valence-corrected chi connectivity index (χ0v) is 8.33. The van der Waals surface area contributed by atoms with Crippen LogP contribution in [0.4, 0.5) is 0 Å². The summed E-state index contributed by atoms with van der Waals surface area (Å²) in [4.78, 5) is 0. The molecule has 0 saturated carbocycles. The Balaban J connectivity index is 2.19. The fourth-order valence-corrected chi connectivity index (χ4v) is 1.14. The fourth-order valence-electron chi connectivity index (χ4n) is 0.796. The summed E-state index contributed by atoms with van der Waals surface area (Å²) in [6.07, 6.45) is 0.285. The maximum Gasteiger partial charge on any atom is 0.272 e. The highest BCUT2D eigenvalue weighted by Crippen LogP contribution is 2.15. The second-order valence-electron chi connectivity index (χ2n) is 2.72. The number of hydrogen-bond donors (Lipinski definition) is 0. The van der Waals surface area contributed by atoms with E-state index in [0.29, 0.717) is 6.61 Å². The van der Waals surface area contributed by atoms with Gasteiger partial charge in [-0.3, -0.25) is 0 Å². The van der Waals surface area contributed by atoms with Crippen molar-refractivity contribution in [2.75, 3.05) is 11.9 Å². The molecule has 1 saturated heterocycles. The SMILES string of the molecule is CC(C)OC1OCC(CBr)O1. The molecule has 0 amide bonds. The highest BCUT2D eigenvalue weighted by atomic mass is 79.9. The first-order valence-electron chi connectivity index (χ1n) is 3.71. The Morgan fingerprint density at radius 3 is 2.82 bits per heavy atom. The van der Waals surface area contributed by atoms with E-state index in [1.165, 1.54) is 0 Å². The van der Waals surface area contributed by atoms with Gasteiger partial charge in [0.15, 0.2) is 0 Å². The normalized spacial score (nSPS) is 31.6. The Morgan fingerprint density at radius 1 is 1.64 bits per heavy atom. The molecule has 0 spiro atoms. The molecular weight excluding hydrogens is 212 g/mol. The van der Waals surface area contributed by atoms with Crippen LogP contribution in [0, 0.1) is 0 Å². The lowest BCUT2D eigenvalue weighted by Crippen LogP contribution is -2.19. The molecule has 2 unspecified atom stereocenters. The minimum absolute atomic E-state index is 0.138. The van der Waals surface area contributed by atoms with Crippen molar-refractivity contribution >= 4 is 15.9 Å². The third-order valence-electron chi connectivity index (χ3n) is 1.28. The third kappa shape index (κ3) is 3.07. The van der Waals surface area contributed by atoms with Crippen molar-refractivity contribution in [3.05, 3.63) is 0 Å². The zero-order chi connectivity index (χ0) is 8.27. The minimum Gasteiger partial charge on any atom is -0.327 e. The molecule has 0 aliphatic carbocycles. The van der Waals surface area contributed by atoms with E-state index in [4.69, 9.17) is 14.2 Å². The minimum atomic E-state index is -0.461. The van der Waals surface area contributed by atoms with Crippen molar-refractivity contribution in [3.8, 4) is 0 Å². The van der Waals surface area contributed by atoms with E-state index in [1.54, 1.807) is 0 Å². The molecule has 0 aromatic heterocycles. The van der Waals surface area contributed by atoms with Gasteiger partial charge in [0.2, 0.25) is 0 Å². The van der Waals surface area contributed by atoms with Crippen LogP contribution in [0.3, 0.4) is 0 Å². The molecule has 1 aliphatic heterocycles. The summed E-state index contributed by atoms with van der Waals surface area (Å²) in [6, 6.07) is 0. The molecule has 0 aromatic rings. The summed E-state index contributed by atoms with van der Waals surface area (Å²) in [7, 11) is 0. The van der Waals surface area contributed by atoms with Crippen LogP contribution in [0.25, 0.3) is 0 Å². The first-order chi connectivity index (χ1) is 5.22. The number of halogens is 1. The van der Waals surface area contributed by atoms with Crippen LogP contribution >= 0.6 is 15.9 Å². The molecule has 1 fully saturated rings. The van der Waals surface area contributed by atoms with E-state index in [9.17, 15) is 0 Å². The third-order valence-corrected chi connectivity index (χ3v) is 2.00. The van der Waals surface area contributed by atoms with Crippen LogP contribution in [0.2, 0.25) is 0 Å². The van der Waals surface area contributed by atoms with Gasteiger partial charge >= 0.3 is 0 Å². The molecule has 3 nitrogen and oxygen atoms in total. The summed E-state index contributed by atoms with van der Waals surface area (Å²) < 4.78 is 15.8. The van der Waals surface area contributed by atoms with Gasteiger partial charge in [-0.25, -0.2) is 0 Å². The molecule has 0 aromatic carbocycles. The van der Waals surface area contributed by atoms with E-state index in [2.05, 4.69) is 15.9 Å². The van der Waals surface area contributed by atoms with Crippen molar-refractivity contribution in [1.82, 2.24) is 0 Å². The van der Waals surface area contributed by atoms with Gasteiger partial charge in [0, 0.05) is 5.33 Å². The van der Waals surface area contributed by atoms with Gasteiger partial charge in [-0.2, -0.15) is 0 Å². The average Bonchev–Trinajstić information content (AvgIpc) is 2.34. The van der Waals surface area contributed by atoms with E-state index in [1.807, 2.05) is 13.8 Å². The van der Waals surface area contributed by atoms with Crippen molar-refractivity contribution < 1.29 is 14.2 Å². The van der Waals surface area contributed by atoms with Crippen LogP contribution < -0.4 is 0 Å². The van der Waals surface area contributed by atoms with Crippen molar-refractivity contribution in [2.24, 2.45) is 0 Å². The van der Waals surface area contributed by atoms with Gasteiger partial charge in [0.1, 0.15) is 0 Å². The average molecular weight is 225 g/mol. The fraction of sp³-hybridized carbons (Fsp3) is 1.00. The molecule has 0 N–H and O–H groups in total. The second-order valence-corrected chi connectivity index (χ2v) is 3.37. The Bertz CT molecular complexity index is 118. The number of ether oxygens (including phenoxy) is 3. The van der Waals surface area contributed by atoms with Crippen LogP contribution in [-0.2, 0) is 14.2 Å². The molecule has 0 bridgehead atoms. The molecule has 0 radical (unpaired) electrons. The lowest BCUT2D eigenvalue weighted by Gasteiger charge is -2.13. The quantitative estimate of drug-likeness (QED) is 0.681. The number of hydrogen-bond acceptors (Lipinski definition) is 3. The molecule has 4 heteroatoms. The van der Waals surface area contributed by atoms with Crippen LogP contribution in [0.5, 0.6) is 0 Å². The summed E-state index contributed by atoms with van der Waals surface area (Å²) in [6.45, 7) is 4.06. The second kappa shape index (κ2) is 4.40. The molecule has 2 atom stereocenters. The molecular formula is C7H13BrO3. The van der Waals surface area contributed by atoms with Crippen molar-refractivity contribution in [3.63, 3.8) is 0 Å². The highest BCUT2D eigenvalue weighted by molar-refractivity contribution is 9.09. The zero-order valence-electron chi connectivity index (χ0n) is 6.75. The smallest absolute Gasteiger partial charge is 0.272 e. The van der Waals surface area contributed by atoms with Crippen LogP contribution in [0.15, 0.2) is 0 Å². The number of rotatable bonds is 3. The monoisotopic (exact) mass is 224 g/mol. The summed E-state index contributed by atoms with van der Waals surface area (Å²) >= 11 is 3.31. The van der Waals surface area contributed by atoms with Gasteiger partial charge < -0.3 is 14.2 Å². The Morgan fingerprint density at radius 2 is 2.36 bits per heavy atom. The van der Waals surface area contributed by atoms with Gasteiger partial charge in [-0.15, -0.1) is 0 Å². The first kappa shape index (κ1) is 9.45. The standard InChI is InChI=1S/C7H13BrO3/c1-5(2)10-7-9-4-6(3-8)11-7/h5-7H,3-4H2,1-2H3. The van der Waals surface area contributed by atoms with Crippen molar-refractivity contribution in [1.29, 1.82) is 0 Å². The van der Waals surface area contributed by atoms with Gasteiger partial charge in [0.05, 0.1) is 18.8 Å². The summed E-state index contributed by atoms with van der Waals surface area (Å²) in [5, 5.41) is 0.797. The Labute approximate surface area is 75.1 Å². The maximum atomic E-state index is 5.33. The lowest BCUT2D eigenvalue weighted by atomic mass is 10.5. The summed E-state index contributed by atoms with van der Waals surface area (Å²) in [5.74, 6) is 0. The van der Waals surface area contributed by atoms with E-state index in [0.717, 1.165) is 5.33 Å². The molecule has 1 aliphatic rings. The first-order valence-corrected chi connectivity index (χ1v) is 4.83. The molecule has 1 heterocycles.